The molecule has 0 N–H and O–H groups in total. The Kier molecular flexibility index (Phi) is 5.73. The maximum absolute atomic E-state index is 13.0. The number of aryl methyl sites for hydroxylation is 1. The van der Waals surface area contributed by atoms with Gasteiger partial charge in [0.15, 0.2) is 0 Å². The Morgan fingerprint density at radius 2 is 1.54 bits per heavy atom. The lowest BCUT2D eigenvalue weighted by Crippen LogP contribution is -2.39. The van der Waals surface area contributed by atoms with Crippen molar-refractivity contribution in [1.82, 2.24) is 14.4 Å². The van der Waals surface area contributed by atoms with Gasteiger partial charge in [-0.25, -0.2) is 0 Å². The molecule has 1 aromatic heterocycles. The van der Waals surface area contributed by atoms with Crippen LogP contribution in [0.5, 0.6) is 0 Å². The SMILES string of the molecule is Cc1cc(C(=O)N2CCCN(C(=O)C(C)C)CC2)c(C)n1C(C)C. The van der Waals surface area contributed by atoms with E-state index >= 15 is 0 Å². The second-order valence-electron chi connectivity index (χ2n) is 7.37. The number of aromatic nitrogens is 1. The van der Waals surface area contributed by atoms with Gasteiger partial charge in [-0.3, -0.25) is 9.59 Å². The largest absolute Gasteiger partial charge is 0.346 e. The average Bonchev–Trinajstić information content (AvgIpc) is 2.69. The lowest BCUT2D eigenvalue weighted by atomic mass is 10.2. The molecule has 0 aromatic carbocycles. The standard InChI is InChI=1S/C19H31N3O2/c1-13(2)18(23)20-8-7-9-21(11-10-20)19(24)17-12-15(5)22(14(3)4)16(17)6/h12-14H,7-11H2,1-6H3. The predicted molar refractivity (Wildman–Crippen MR) is 96.2 cm³/mol. The molecule has 134 valence electrons. The van der Waals surface area contributed by atoms with Gasteiger partial charge in [0.1, 0.15) is 0 Å². The summed E-state index contributed by atoms with van der Waals surface area (Å²) in [6.07, 6.45) is 0.840. The number of hydrogen-bond acceptors (Lipinski definition) is 2. The van der Waals surface area contributed by atoms with E-state index in [0.29, 0.717) is 25.7 Å². The maximum atomic E-state index is 13.0. The van der Waals surface area contributed by atoms with Crippen molar-refractivity contribution in [3.05, 3.63) is 23.0 Å². The van der Waals surface area contributed by atoms with Crippen molar-refractivity contribution in [1.29, 1.82) is 0 Å². The molecule has 0 aliphatic carbocycles. The summed E-state index contributed by atoms with van der Waals surface area (Å²) in [5.74, 6) is 0.286. The Bertz CT molecular complexity index is 616. The van der Waals surface area contributed by atoms with E-state index in [-0.39, 0.29) is 17.7 Å². The average molecular weight is 333 g/mol. The molecule has 5 heteroatoms. The molecule has 2 heterocycles. The van der Waals surface area contributed by atoms with Gasteiger partial charge < -0.3 is 14.4 Å². The zero-order valence-corrected chi connectivity index (χ0v) is 15.9. The highest BCUT2D eigenvalue weighted by atomic mass is 16.2. The van der Waals surface area contributed by atoms with E-state index in [9.17, 15) is 9.59 Å². The summed E-state index contributed by atoms with van der Waals surface area (Å²) in [4.78, 5) is 29.0. The van der Waals surface area contributed by atoms with Crippen molar-refractivity contribution in [3.8, 4) is 0 Å². The van der Waals surface area contributed by atoms with Gasteiger partial charge in [-0.2, -0.15) is 0 Å². The first-order chi connectivity index (χ1) is 11.2. The highest BCUT2D eigenvalue weighted by molar-refractivity contribution is 5.95. The molecule has 1 aliphatic heterocycles. The van der Waals surface area contributed by atoms with E-state index in [4.69, 9.17) is 0 Å². The van der Waals surface area contributed by atoms with Gasteiger partial charge in [-0.15, -0.1) is 0 Å². The molecule has 5 nitrogen and oxygen atoms in total. The Labute approximate surface area is 145 Å². The highest BCUT2D eigenvalue weighted by Gasteiger charge is 2.26. The van der Waals surface area contributed by atoms with Crippen LogP contribution >= 0.6 is 0 Å². The maximum Gasteiger partial charge on any atom is 0.255 e. The molecule has 1 saturated heterocycles. The number of hydrogen-bond donors (Lipinski definition) is 0. The minimum absolute atomic E-state index is 0.0113. The third-order valence-electron chi connectivity index (χ3n) is 4.82. The van der Waals surface area contributed by atoms with Crippen LogP contribution in [0.3, 0.4) is 0 Å². The van der Waals surface area contributed by atoms with Gasteiger partial charge in [0.2, 0.25) is 5.91 Å². The van der Waals surface area contributed by atoms with Crippen LogP contribution in [0.15, 0.2) is 6.07 Å². The Balaban J connectivity index is 2.14. The van der Waals surface area contributed by atoms with E-state index in [1.165, 1.54) is 0 Å². The quantitative estimate of drug-likeness (QED) is 0.853. The zero-order valence-electron chi connectivity index (χ0n) is 15.9. The van der Waals surface area contributed by atoms with Crippen LogP contribution < -0.4 is 0 Å². The first-order valence-electron chi connectivity index (χ1n) is 9.00. The molecule has 1 aromatic rings. The van der Waals surface area contributed by atoms with Crippen LogP contribution in [0.2, 0.25) is 0 Å². The Morgan fingerprint density at radius 1 is 0.958 bits per heavy atom. The fourth-order valence-electron chi connectivity index (χ4n) is 3.66. The van der Waals surface area contributed by atoms with Crippen LogP contribution in [0, 0.1) is 19.8 Å². The van der Waals surface area contributed by atoms with Crippen molar-refractivity contribution >= 4 is 11.8 Å². The van der Waals surface area contributed by atoms with E-state index in [2.05, 4.69) is 25.3 Å². The monoisotopic (exact) mass is 333 g/mol. The summed E-state index contributed by atoms with van der Waals surface area (Å²) in [7, 11) is 0. The fourth-order valence-corrected chi connectivity index (χ4v) is 3.66. The third kappa shape index (κ3) is 3.65. The summed E-state index contributed by atoms with van der Waals surface area (Å²) in [6, 6.07) is 2.34. The molecule has 0 radical (unpaired) electrons. The van der Waals surface area contributed by atoms with Gasteiger partial charge >= 0.3 is 0 Å². The summed E-state index contributed by atoms with van der Waals surface area (Å²) in [5.41, 5.74) is 2.95. The third-order valence-corrected chi connectivity index (χ3v) is 4.82. The Hall–Kier alpha value is -1.78. The van der Waals surface area contributed by atoms with E-state index in [1.807, 2.05) is 36.6 Å². The highest BCUT2D eigenvalue weighted by Crippen LogP contribution is 2.22. The molecular formula is C19H31N3O2. The molecule has 2 rings (SSSR count). The second-order valence-corrected chi connectivity index (χ2v) is 7.37. The molecular weight excluding hydrogens is 302 g/mol. The molecule has 24 heavy (non-hydrogen) atoms. The van der Waals surface area contributed by atoms with Crippen LogP contribution in [0.4, 0.5) is 0 Å². The number of carbonyl (C=O) groups is 2. The van der Waals surface area contributed by atoms with E-state index in [1.54, 1.807) is 0 Å². The van der Waals surface area contributed by atoms with Crippen LogP contribution in [-0.4, -0.2) is 52.4 Å². The van der Waals surface area contributed by atoms with Crippen molar-refractivity contribution in [2.24, 2.45) is 5.92 Å². The van der Waals surface area contributed by atoms with Gasteiger partial charge in [0.05, 0.1) is 5.56 Å². The van der Waals surface area contributed by atoms with Gasteiger partial charge in [0, 0.05) is 49.5 Å². The summed E-state index contributed by atoms with van der Waals surface area (Å²) in [6.45, 7) is 14.9. The fraction of sp³-hybridized carbons (Fsp3) is 0.684. The number of nitrogens with zero attached hydrogens (tertiary/aromatic N) is 3. The lowest BCUT2D eigenvalue weighted by molar-refractivity contribution is -0.134. The summed E-state index contributed by atoms with van der Waals surface area (Å²) < 4.78 is 2.21. The molecule has 0 bridgehead atoms. The molecule has 0 saturated carbocycles. The van der Waals surface area contributed by atoms with Crippen molar-refractivity contribution in [2.75, 3.05) is 26.2 Å². The minimum atomic E-state index is 0.0113. The van der Waals surface area contributed by atoms with Crippen molar-refractivity contribution in [3.63, 3.8) is 0 Å². The topological polar surface area (TPSA) is 45.6 Å². The predicted octanol–water partition coefficient (Wildman–Crippen LogP) is 3.02. The minimum Gasteiger partial charge on any atom is -0.346 e. The molecule has 1 fully saturated rings. The molecule has 0 unspecified atom stereocenters. The zero-order chi connectivity index (χ0) is 18.0. The summed E-state index contributed by atoms with van der Waals surface area (Å²) >= 11 is 0. The number of carbonyl (C=O) groups excluding carboxylic acids is 2. The molecule has 0 atom stereocenters. The summed E-state index contributed by atoms with van der Waals surface area (Å²) in [5, 5.41) is 0. The van der Waals surface area contributed by atoms with Gasteiger partial charge in [0.25, 0.3) is 5.91 Å². The first-order valence-corrected chi connectivity index (χ1v) is 9.00. The number of amides is 2. The van der Waals surface area contributed by atoms with E-state index in [0.717, 1.165) is 29.9 Å². The lowest BCUT2D eigenvalue weighted by Gasteiger charge is -2.23. The van der Waals surface area contributed by atoms with E-state index < -0.39 is 0 Å². The van der Waals surface area contributed by atoms with Crippen molar-refractivity contribution in [2.45, 2.75) is 54.0 Å². The number of rotatable bonds is 3. The van der Waals surface area contributed by atoms with Crippen molar-refractivity contribution < 1.29 is 9.59 Å². The Morgan fingerprint density at radius 3 is 2.08 bits per heavy atom. The van der Waals surface area contributed by atoms with Gasteiger partial charge in [-0.05, 0) is 40.2 Å². The van der Waals surface area contributed by atoms with Crippen LogP contribution in [0.25, 0.3) is 0 Å². The van der Waals surface area contributed by atoms with Crippen LogP contribution in [-0.2, 0) is 4.79 Å². The normalized spacial score (nSPS) is 16.0. The smallest absolute Gasteiger partial charge is 0.255 e. The molecule has 0 spiro atoms. The molecule has 1 aliphatic rings. The second kappa shape index (κ2) is 7.41. The first kappa shape index (κ1) is 18.6. The van der Waals surface area contributed by atoms with Crippen LogP contribution in [0.1, 0.15) is 61.9 Å². The molecule has 2 amide bonds. The van der Waals surface area contributed by atoms with Gasteiger partial charge in [-0.1, -0.05) is 13.8 Å².